The number of aryl methyl sites for hydroxylation is 4. The van der Waals surface area contributed by atoms with Crippen molar-refractivity contribution < 1.29 is 18.2 Å². The van der Waals surface area contributed by atoms with E-state index in [1.807, 2.05) is 27.7 Å². The topological polar surface area (TPSA) is 44.3 Å². The average molecular weight is 408 g/mol. The highest BCUT2D eigenvalue weighted by Crippen LogP contribution is 2.51. The fourth-order valence-electron chi connectivity index (χ4n) is 3.61. The first kappa shape index (κ1) is 22.9. The van der Waals surface area contributed by atoms with Crippen LogP contribution in [0.5, 0.6) is 0 Å². The zero-order valence-electron chi connectivity index (χ0n) is 18.4. The van der Waals surface area contributed by atoms with Crippen LogP contribution in [0, 0.1) is 20.8 Å². The van der Waals surface area contributed by atoms with Crippen molar-refractivity contribution >= 4 is 7.60 Å². The molecule has 0 saturated heterocycles. The Kier molecular flexibility index (Phi) is 8.06. The van der Waals surface area contributed by atoms with Gasteiger partial charge in [0.25, 0.3) is 0 Å². The molecule has 0 fully saturated rings. The molecule has 0 radical (unpaired) electrons. The number of rotatable bonds is 10. The predicted octanol–water partition coefficient (Wildman–Crippen LogP) is 5.51. The Balaban J connectivity index is 1.95. The molecule has 6 heteroatoms. The Hall–Kier alpha value is -1.42. The van der Waals surface area contributed by atoms with Crippen molar-refractivity contribution in [3.8, 4) is 5.69 Å². The van der Waals surface area contributed by atoms with Gasteiger partial charge in [-0.3, -0.25) is 4.57 Å². The number of nitrogens with zero attached hydrogens (tertiary/aromatic N) is 2. The van der Waals surface area contributed by atoms with Crippen LogP contribution in [-0.4, -0.2) is 22.9 Å². The first-order valence-electron chi connectivity index (χ1n) is 10.2. The molecule has 5 nitrogen and oxygen atoms in total. The summed E-state index contributed by atoms with van der Waals surface area (Å²) in [6.45, 7) is 14.9. The van der Waals surface area contributed by atoms with Crippen LogP contribution in [0.25, 0.3) is 5.69 Å². The molecule has 0 unspecified atom stereocenters. The number of hydrogen-bond acceptors (Lipinski definition) is 3. The standard InChI is InChI=1S/C22H36N2O3P/c1-17(2)26-28(25,27-18(3)4)13-9-8-10-23-11-12-24(16-23)22-20(6)14-19(5)15-21(22)7/h11-12,14-18H,8-10,13H2,1-7H3/q+1. The van der Waals surface area contributed by atoms with Crippen LogP contribution in [0.1, 0.15) is 57.2 Å². The molecular formula is C22H36N2O3P+. The van der Waals surface area contributed by atoms with E-state index in [4.69, 9.17) is 9.05 Å². The predicted molar refractivity (Wildman–Crippen MR) is 114 cm³/mol. The minimum Gasteiger partial charge on any atom is -0.306 e. The van der Waals surface area contributed by atoms with E-state index < -0.39 is 7.60 Å². The second-order valence-electron chi connectivity index (χ2n) is 8.16. The lowest BCUT2D eigenvalue weighted by molar-refractivity contribution is -0.696. The first-order chi connectivity index (χ1) is 13.1. The molecule has 0 atom stereocenters. The van der Waals surface area contributed by atoms with E-state index in [-0.39, 0.29) is 12.2 Å². The molecule has 1 heterocycles. The molecule has 2 rings (SSSR count). The van der Waals surface area contributed by atoms with E-state index in [2.05, 4.69) is 60.8 Å². The third kappa shape index (κ3) is 6.58. The maximum Gasteiger partial charge on any atom is 0.331 e. The normalized spacial score (nSPS) is 12.3. The highest BCUT2D eigenvalue weighted by Gasteiger charge is 2.27. The van der Waals surface area contributed by atoms with Crippen LogP contribution >= 0.6 is 7.60 Å². The minimum atomic E-state index is -3.03. The van der Waals surface area contributed by atoms with Gasteiger partial charge < -0.3 is 9.05 Å². The molecule has 2 aromatic rings. The Morgan fingerprint density at radius 1 is 1.00 bits per heavy atom. The summed E-state index contributed by atoms with van der Waals surface area (Å²) in [5.74, 6) is 0. The van der Waals surface area contributed by atoms with Gasteiger partial charge in [-0.05, 0) is 72.4 Å². The highest BCUT2D eigenvalue weighted by molar-refractivity contribution is 7.53. The molecule has 0 bridgehead atoms. The monoisotopic (exact) mass is 407 g/mol. The summed E-state index contributed by atoms with van der Waals surface area (Å²) in [5.41, 5.74) is 5.08. The quantitative estimate of drug-likeness (QED) is 0.296. The summed E-state index contributed by atoms with van der Waals surface area (Å²) in [5, 5.41) is 0. The highest BCUT2D eigenvalue weighted by atomic mass is 31.2. The van der Waals surface area contributed by atoms with Crippen molar-refractivity contribution in [3.05, 3.63) is 47.5 Å². The molecule has 0 aliphatic carbocycles. The molecule has 1 aromatic heterocycles. The maximum atomic E-state index is 12.9. The number of aromatic nitrogens is 2. The van der Waals surface area contributed by atoms with Crippen molar-refractivity contribution in [3.63, 3.8) is 0 Å². The lowest BCUT2D eigenvalue weighted by Crippen LogP contribution is -2.31. The zero-order valence-corrected chi connectivity index (χ0v) is 19.3. The Labute approximate surface area is 170 Å². The van der Waals surface area contributed by atoms with Crippen LogP contribution in [0.2, 0.25) is 0 Å². The third-order valence-electron chi connectivity index (χ3n) is 4.43. The van der Waals surface area contributed by atoms with Crippen LogP contribution < -0.4 is 4.57 Å². The fraction of sp³-hybridized carbons (Fsp3) is 0.591. The lowest BCUT2D eigenvalue weighted by atomic mass is 10.1. The van der Waals surface area contributed by atoms with Gasteiger partial charge >= 0.3 is 7.60 Å². The largest absolute Gasteiger partial charge is 0.331 e. The van der Waals surface area contributed by atoms with Gasteiger partial charge in [0.1, 0.15) is 18.1 Å². The van der Waals surface area contributed by atoms with E-state index in [0.29, 0.717) is 6.16 Å². The zero-order chi connectivity index (χ0) is 20.9. The third-order valence-corrected chi connectivity index (χ3v) is 6.78. The number of benzene rings is 1. The summed E-state index contributed by atoms with van der Waals surface area (Å²) in [7, 11) is -3.03. The molecular weight excluding hydrogens is 371 g/mol. The van der Waals surface area contributed by atoms with Crippen LogP contribution in [-0.2, 0) is 20.2 Å². The van der Waals surface area contributed by atoms with Gasteiger partial charge in [-0.25, -0.2) is 9.13 Å². The van der Waals surface area contributed by atoms with E-state index in [9.17, 15) is 4.57 Å². The second kappa shape index (κ2) is 9.87. The lowest BCUT2D eigenvalue weighted by Gasteiger charge is -2.22. The van der Waals surface area contributed by atoms with Crippen molar-refractivity contribution in [2.24, 2.45) is 0 Å². The molecule has 156 valence electrons. The van der Waals surface area contributed by atoms with Crippen LogP contribution in [0.15, 0.2) is 30.9 Å². The second-order valence-corrected chi connectivity index (χ2v) is 10.2. The molecule has 0 aliphatic rings. The molecule has 0 spiro atoms. The van der Waals surface area contributed by atoms with Gasteiger partial charge in [-0.2, -0.15) is 0 Å². The van der Waals surface area contributed by atoms with Gasteiger partial charge in [0.05, 0.1) is 24.9 Å². The maximum absolute atomic E-state index is 12.9. The van der Waals surface area contributed by atoms with Crippen molar-refractivity contribution in [2.45, 2.75) is 80.1 Å². The number of unbranched alkanes of at least 4 members (excludes halogenated alkanes) is 1. The number of hydrogen-bond donors (Lipinski definition) is 0. The van der Waals surface area contributed by atoms with Gasteiger partial charge in [0.15, 0.2) is 0 Å². The van der Waals surface area contributed by atoms with Crippen molar-refractivity contribution in [2.75, 3.05) is 6.16 Å². The summed E-state index contributed by atoms with van der Waals surface area (Å²) in [6.07, 6.45) is 8.29. The van der Waals surface area contributed by atoms with E-state index >= 15 is 0 Å². The van der Waals surface area contributed by atoms with Gasteiger partial charge in [-0.1, -0.05) is 17.7 Å². The smallest absolute Gasteiger partial charge is 0.306 e. The van der Waals surface area contributed by atoms with Crippen molar-refractivity contribution in [1.82, 2.24) is 4.57 Å². The fourth-order valence-corrected chi connectivity index (χ4v) is 5.77. The number of imidazole rings is 1. The van der Waals surface area contributed by atoms with Gasteiger partial charge in [0, 0.05) is 0 Å². The van der Waals surface area contributed by atoms with E-state index in [1.54, 1.807) is 0 Å². The SMILES string of the molecule is Cc1cc(C)c(-n2cc[n+](CCCCP(=O)(OC(C)C)OC(C)C)c2)c(C)c1. The summed E-state index contributed by atoms with van der Waals surface area (Å²) in [6, 6.07) is 4.43. The van der Waals surface area contributed by atoms with Crippen molar-refractivity contribution in [1.29, 1.82) is 0 Å². The molecule has 0 N–H and O–H groups in total. The van der Waals surface area contributed by atoms with Crippen LogP contribution in [0.4, 0.5) is 0 Å². The summed E-state index contributed by atoms with van der Waals surface area (Å²) < 4.78 is 28.5. The van der Waals surface area contributed by atoms with Gasteiger partial charge in [0.2, 0.25) is 6.33 Å². The summed E-state index contributed by atoms with van der Waals surface area (Å²) >= 11 is 0. The first-order valence-corrected chi connectivity index (χ1v) is 11.9. The molecule has 0 aliphatic heterocycles. The minimum absolute atomic E-state index is 0.103. The van der Waals surface area contributed by atoms with Gasteiger partial charge in [-0.15, -0.1) is 0 Å². The van der Waals surface area contributed by atoms with E-state index in [0.717, 1.165) is 19.4 Å². The Morgan fingerprint density at radius 2 is 1.57 bits per heavy atom. The Morgan fingerprint density at radius 3 is 2.11 bits per heavy atom. The average Bonchev–Trinajstić information content (AvgIpc) is 2.97. The Bertz CT molecular complexity index is 790. The molecule has 1 aromatic carbocycles. The molecule has 28 heavy (non-hydrogen) atoms. The molecule has 0 amide bonds. The molecule has 0 saturated carbocycles. The summed E-state index contributed by atoms with van der Waals surface area (Å²) in [4.78, 5) is 0. The van der Waals surface area contributed by atoms with Crippen LogP contribution in [0.3, 0.4) is 0 Å². The van der Waals surface area contributed by atoms with E-state index in [1.165, 1.54) is 22.4 Å².